The number of carbonyl (C=O) groups excluding carboxylic acids is 1. The molecular weight excluding hydrogens is 282 g/mol. The lowest BCUT2D eigenvalue weighted by Gasteiger charge is -2.34. The van der Waals surface area contributed by atoms with Crippen LogP contribution in [0.15, 0.2) is 14.4 Å². The lowest BCUT2D eigenvalue weighted by molar-refractivity contribution is 0.247. The van der Waals surface area contributed by atoms with Crippen LogP contribution in [0, 0.1) is 13.8 Å². The summed E-state index contributed by atoms with van der Waals surface area (Å²) in [7, 11) is -3.63. The number of hydrogen-bond donors (Lipinski definition) is 0. The molecule has 1 aliphatic heterocycles. The Kier molecular flexibility index (Phi) is 4.08. The molecule has 0 spiro atoms. The number of hydrogen-bond acceptors (Lipinski definition) is 6. The van der Waals surface area contributed by atoms with Gasteiger partial charge in [0.2, 0.25) is 16.1 Å². The van der Waals surface area contributed by atoms with E-state index in [1.807, 2.05) is 6.92 Å². The van der Waals surface area contributed by atoms with Gasteiger partial charge in [0.25, 0.3) is 0 Å². The molecular formula is C12H17N3O4S. The third-order valence-electron chi connectivity index (χ3n) is 3.56. The van der Waals surface area contributed by atoms with Gasteiger partial charge in [-0.2, -0.15) is 4.31 Å². The number of nitrogens with zero attached hydrogens (tertiary/aromatic N) is 3. The highest BCUT2D eigenvalue weighted by Crippen LogP contribution is 2.29. The van der Waals surface area contributed by atoms with Crippen molar-refractivity contribution >= 4 is 16.1 Å². The molecule has 7 nitrogen and oxygen atoms in total. The van der Waals surface area contributed by atoms with Gasteiger partial charge in [-0.25, -0.2) is 18.2 Å². The van der Waals surface area contributed by atoms with E-state index in [0.717, 1.165) is 0 Å². The molecule has 0 radical (unpaired) electrons. The van der Waals surface area contributed by atoms with Crippen LogP contribution in [-0.4, -0.2) is 42.6 Å². The zero-order valence-corrected chi connectivity index (χ0v) is 12.5. The average Bonchev–Trinajstić information content (AvgIpc) is 2.69. The quantitative estimate of drug-likeness (QED) is 0.617. The van der Waals surface area contributed by atoms with Crippen LogP contribution in [-0.2, 0) is 14.8 Å². The Morgan fingerprint density at radius 2 is 2.15 bits per heavy atom. The van der Waals surface area contributed by atoms with Crippen LogP contribution < -0.4 is 0 Å². The summed E-state index contributed by atoms with van der Waals surface area (Å²) in [6.07, 6.45) is 2.57. The highest BCUT2D eigenvalue weighted by molar-refractivity contribution is 7.89. The van der Waals surface area contributed by atoms with Crippen molar-refractivity contribution in [3.05, 3.63) is 11.5 Å². The zero-order chi connectivity index (χ0) is 14.9. The number of aromatic nitrogens is 1. The number of sulfonamides is 1. The maximum Gasteiger partial charge on any atom is 0.248 e. The number of aryl methyl sites for hydroxylation is 2. The molecule has 2 atom stereocenters. The summed E-state index contributed by atoms with van der Waals surface area (Å²) in [5.74, 6) is 0.294. The fraction of sp³-hybridized carbons (Fsp3) is 0.667. The van der Waals surface area contributed by atoms with Crippen molar-refractivity contribution in [1.29, 1.82) is 0 Å². The van der Waals surface area contributed by atoms with Gasteiger partial charge >= 0.3 is 0 Å². The first-order chi connectivity index (χ1) is 9.37. The summed E-state index contributed by atoms with van der Waals surface area (Å²) >= 11 is 0. The summed E-state index contributed by atoms with van der Waals surface area (Å²) in [5.41, 5.74) is 0.364. The van der Waals surface area contributed by atoms with Crippen LogP contribution in [0.2, 0.25) is 0 Å². The Balaban J connectivity index is 2.30. The topological polar surface area (TPSA) is 92.8 Å². The van der Waals surface area contributed by atoms with Gasteiger partial charge in [0.1, 0.15) is 10.6 Å². The van der Waals surface area contributed by atoms with E-state index in [-0.39, 0.29) is 17.0 Å². The second-order valence-electron chi connectivity index (χ2n) is 5.02. The number of aliphatic imine (C=N–C) groups is 1. The average molecular weight is 299 g/mol. The van der Waals surface area contributed by atoms with Crippen molar-refractivity contribution in [3.8, 4) is 0 Å². The van der Waals surface area contributed by atoms with Gasteiger partial charge in [0, 0.05) is 12.6 Å². The molecule has 1 saturated heterocycles. The smallest absolute Gasteiger partial charge is 0.248 e. The van der Waals surface area contributed by atoms with Gasteiger partial charge in [0.15, 0.2) is 5.76 Å². The fourth-order valence-electron chi connectivity index (χ4n) is 2.63. The van der Waals surface area contributed by atoms with E-state index in [2.05, 4.69) is 10.1 Å². The number of piperidine rings is 1. The Morgan fingerprint density at radius 1 is 1.45 bits per heavy atom. The van der Waals surface area contributed by atoms with Crippen LogP contribution in [0.3, 0.4) is 0 Å². The van der Waals surface area contributed by atoms with E-state index in [1.165, 1.54) is 10.4 Å². The van der Waals surface area contributed by atoms with Gasteiger partial charge < -0.3 is 4.52 Å². The SMILES string of the molecule is Cc1noc(C)c1S(=O)(=O)N1CCC(N=C=O)CC1C. The molecule has 1 fully saturated rings. The van der Waals surface area contributed by atoms with Gasteiger partial charge in [-0.1, -0.05) is 5.16 Å². The minimum atomic E-state index is -3.63. The van der Waals surface area contributed by atoms with Crippen molar-refractivity contribution < 1.29 is 17.7 Å². The van der Waals surface area contributed by atoms with E-state index in [0.29, 0.717) is 30.8 Å². The molecule has 20 heavy (non-hydrogen) atoms. The molecule has 110 valence electrons. The van der Waals surface area contributed by atoms with Gasteiger partial charge in [-0.05, 0) is 33.6 Å². The molecule has 1 aromatic rings. The van der Waals surface area contributed by atoms with E-state index in [1.54, 1.807) is 13.8 Å². The maximum atomic E-state index is 12.7. The first-order valence-electron chi connectivity index (χ1n) is 6.39. The summed E-state index contributed by atoms with van der Waals surface area (Å²) in [4.78, 5) is 14.1. The third-order valence-corrected chi connectivity index (χ3v) is 5.82. The Labute approximate surface area is 117 Å². The normalized spacial score (nSPS) is 24.4. The Bertz CT molecular complexity index is 626. The molecule has 0 bridgehead atoms. The first-order valence-corrected chi connectivity index (χ1v) is 7.83. The highest BCUT2D eigenvalue weighted by Gasteiger charge is 2.37. The molecule has 1 aliphatic rings. The van der Waals surface area contributed by atoms with Gasteiger partial charge in [-0.3, -0.25) is 0 Å². The minimum Gasteiger partial charge on any atom is -0.360 e. The summed E-state index contributed by atoms with van der Waals surface area (Å²) < 4.78 is 31.7. The third kappa shape index (κ3) is 2.54. The lowest BCUT2D eigenvalue weighted by atomic mass is 10.0. The molecule has 2 rings (SSSR count). The predicted octanol–water partition coefficient (Wildman–Crippen LogP) is 1.17. The van der Waals surface area contributed by atoms with E-state index < -0.39 is 10.0 Å². The van der Waals surface area contributed by atoms with Crippen molar-refractivity contribution in [2.75, 3.05) is 6.54 Å². The molecule has 0 N–H and O–H groups in total. The number of rotatable bonds is 3. The van der Waals surface area contributed by atoms with Crippen LogP contribution in [0.5, 0.6) is 0 Å². The van der Waals surface area contributed by atoms with Crippen molar-refractivity contribution in [2.24, 2.45) is 4.99 Å². The minimum absolute atomic E-state index is 0.140. The molecule has 8 heteroatoms. The summed E-state index contributed by atoms with van der Waals surface area (Å²) in [6, 6.07) is -0.386. The molecule has 2 heterocycles. The summed E-state index contributed by atoms with van der Waals surface area (Å²) in [5, 5.41) is 3.70. The zero-order valence-electron chi connectivity index (χ0n) is 11.7. The monoisotopic (exact) mass is 299 g/mol. The lowest BCUT2D eigenvalue weighted by Crippen LogP contribution is -2.45. The van der Waals surface area contributed by atoms with Crippen LogP contribution in [0.4, 0.5) is 0 Å². The largest absolute Gasteiger partial charge is 0.360 e. The van der Waals surface area contributed by atoms with E-state index in [4.69, 9.17) is 4.52 Å². The van der Waals surface area contributed by atoms with Gasteiger partial charge in [-0.15, -0.1) is 0 Å². The molecule has 0 saturated carbocycles. The van der Waals surface area contributed by atoms with E-state index in [9.17, 15) is 13.2 Å². The van der Waals surface area contributed by atoms with E-state index >= 15 is 0 Å². The molecule has 0 aromatic carbocycles. The van der Waals surface area contributed by atoms with Crippen molar-refractivity contribution in [3.63, 3.8) is 0 Å². The molecule has 2 unspecified atom stereocenters. The standard InChI is InChI=1S/C12H17N3O4S/c1-8-6-11(13-7-16)4-5-15(8)20(17,18)12-9(2)14-19-10(12)3/h8,11H,4-6H2,1-3H3. The van der Waals surface area contributed by atoms with Crippen molar-refractivity contribution in [2.45, 2.75) is 50.6 Å². The van der Waals surface area contributed by atoms with Crippen molar-refractivity contribution in [1.82, 2.24) is 9.46 Å². The second-order valence-corrected chi connectivity index (χ2v) is 6.84. The predicted molar refractivity (Wildman–Crippen MR) is 70.5 cm³/mol. The molecule has 0 amide bonds. The highest BCUT2D eigenvalue weighted by atomic mass is 32.2. The molecule has 1 aromatic heterocycles. The van der Waals surface area contributed by atoms with Crippen LogP contribution in [0.25, 0.3) is 0 Å². The number of isocyanates is 1. The second kappa shape index (κ2) is 5.47. The first kappa shape index (κ1) is 14.9. The van der Waals surface area contributed by atoms with Gasteiger partial charge in [0.05, 0.1) is 6.04 Å². The summed E-state index contributed by atoms with van der Waals surface area (Å²) in [6.45, 7) is 5.32. The fourth-order valence-corrected chi connectivity index (χ4v) is 4.59. The molecule has 0 aliphatic carbocycles. The Hall–Kier alpha value is -1.50. The maximum absolute atomic E-state index is 12.7. The van der Waals surface area contributed by atoms with Crippen LogP contribution in [0.1, 0.15) is 31.2 Å². The van der Waals surface area contributed by atoms with Crippen LogP contribution >= 0.6 is 0 Å². The Morgan fingerprint density at radius 3 is 2.65 bits per heavy atom.